The van der Waals surface area contributed by atoms with E-state index in [9.17, 15) is 8.42 Å². The average Bonchev–Trinajstić information content (AvgIpc) is 2.39. The highest BCUT2D eigenvalue weighted by molar-refractivity contribution is 7.89. The first-order chi connectivity index (χ1) is 8.96. The van der Waals surface area contributed by atoms with Crippen LogP contribution in [0.4, 0.5) is 0 Å². The predicted molar refractivity (Wildman–Crippen MR) is 76.8 cm³/mol. The first-order valence-electron chi connectivity index (χ1n) is 6.19. The molecule has 0 amide bonds. The minimum atomic E-state index is -3.09. The van der Waals surface area contributed by atoms with E-state index in [0.29, 0.717) is 6.42 Å². The fourth-order valence-electron chi connectivity index (χ4n) is 1.75. The van der Waals surface area contributed by atoms with E-state index in [1.165, 1.54) is 12.6 Å². The number of nitrogens with one attached hydrogen (secondary N) is 1. The topological polar surface area (TPSA) is 58.6 Å². The summed E-state index contributed by atoms with van der Waals surface area (Å²) in [4.78, 5) is 2.10. The van der Waals surface area contributed by atoms with Crippen LogP contribution in [0.2, 0.25) is 0 Å². The molecule has 0 aliphatic heterocycles. The molecule has 5 nitrogen and oxygen atoms in total. The van der Waals surface area contributed by atoms with Crippen LogP contribution < -0.4 is 9.46 Å². The summed E-state index contributed by atoms with van der Waals surface area (Å²) in [7, 11) is 1.98. The SMILES string of the molecule is CNS(=O)(=O)CCCN(C)Cc1ccc(OC)cc1. The van der Waals surface area contributed by atoms with E-state index < -0.39 is 10.0 Å². The molecule has 0 unspecified atom stereocenters. The lowest BCUT2D eigenvalue weighted by Crippen LogP contribution is -2.26. The summed E-state index contributed by atoms with van der Waals surface area (Å²) in [5.41, 5.74) is 1.18. The van der Waals surface area contributed by atoms with Gasteiger partial charge in [-0.3, -0.25) is 0 Å². The average molecular weight is 286 g/mol. The molecule has 6 heteroatoms. The van der Waals surface area contributed by atoms with Gasteiger partial charge in [-0.25, -0.2) is 13.1 Å². The summed E-state index contributed by atoms with van der Waals surface area (Å²) in [6, 6.07) is 7.88. The maximum atomic E-state index is 11.3. The van der Waals surface area contributed by atoms with Crippen molar-refractivity contribution in [1.29, 1.82) is 0 Å². The molecule has 19 heavy (non-hydrogen) atoms. The maximum absolute atomic E-state index is 11.3. The van der Waals surface area contributed by atoms with Gasteiger partial charge in [-0.15, -0.1) is 0 Å². The smallest absolute Gasteiger partial charge is 0.211 e. The Kier molecular flexibility index (Phi) is 6.27. The zero-order valence-electron chi connectivity index (χ0n) is 11.7. The third-order valence-electron chi connectivity index (χ3n) is 2.88. The van der Waals surface area contributed by atoms with Crippen LogP contribution >= 0.6 is 0 Å². The zero-order chi connectivity index (χ0) is 14.3. The van der Waals surface area contributed by atoms with Crippen molar-refractivity contribution in [1.82, 2.24) is 9.62 Å². The van der Waals surface area contributed by atoms with E-state index in [-0.39, 0.29) is 5.75 Å². The van der Waals surface area contributed by atoms with Crippen molar-refractivity contribution in [3.05, 3.63) is 29.8 Å². The second kappa shape index (κ2) is 7.47. The first-order valence-corrected chi connectivity index (χ1v) is 7.85. The van der Waals surface area contributed by atoms with Gasteiger partial charge in [0.2, 0.25) is 10.0 Å². The lowest BCUT2D eigenvalue weighted by molar-refractivity contribution is 0.327. The van der Waals surface area contributed by atoms with Gasteiger partial charge in [0.15, 0.2) is 0 Å². The van der Waals surface area contributed by atoms with Crippen molar-refractivity contribution in [2.75, 3.05) is 33.5 Å². The van der Waals surface area contributed by atoms with Crippen LogP contribution in [0.5, 0.6) is 5.75 Å². The van der Waals surface area contributed by atoms with Crippen LogP contribution in [0.25, 0.3) is 0 Å². The molecule has 0 aliphatic rings. The minimum absolute atomic E-state index is 0.163. The van der Waals surface area contributed by atoms with Gasteiger partial charge in [0.25, 0.3) is 0 Å². The van der Waals surface area contributed by atoms with E-state index in [2.05, 4.69) is 9.62 Å². The van der Waals surface area contributed by atoms with Gasteiger partial charge in [0.1, 0.15) is 5.75 Å². The number of rotatable bonds is 8. The molecule has 0 aliphatic carbocycles. The van der Waals surface area contributed by atoms with Crippen molar-refractivity contribution in [2.45, 2.75) is 13.0 Å². The Hall–Kier alpha value is -1.11. The fraction of sp³-hybridized carbons (Fsp3) is 0.538. The molecule has 0 spiro atoms. The Balaban J connectivity index is 2.36. The highest BCUT2D eigenvalue weighted by atomic mass is 32.2. The molecule has 108 valence electrons. The van der Waals surface area contributed by atoms with Crippen LogP contribution in [-0.4, -0.2) is 46.8 Å². The third kappa shape index (κ3) is 6.04. The van der Waals surface area contributed by atoms with E-state index in [1.807, 2.05) is 31.3 Å². The molecule has 0 saturated heterocycles. The van der Waals surface area contributed by atoms with Gasteiger partial charge in [-0.1, -0.05) is 12.1 Å². The van der Waals surface area contributed by atoms with Gasteiger partial charge in [0.05, 0.1) is 12.9 Å². The molecule has 0 radical (unpaired) electrons. The molecule has 1 aromatic carbocycles. The summed E-state index contributed by atoms with van der Waals surface area (Å²) >= 11 is 0. The number of methoxy groups -OCH3 is 1. The molecule has 1 rings (SSSR count). The first kappa shape index (κ1) is 15.9. The zero-order valence-corrected chi connectivity index (χ0v) is 12.5. The highest BCUT2D eigenvalue weighted by Gasteiger charge is 2.07. The molecular formula is C13H22N2O3S. The van der Waals surface area contributed by atoms with Crippen LogP contribution in [-0.2, 0) is 16.6 Å². The summed E-state index contributed by atoms with van der Waals surface area (Å²) in [5, 5.41) is 0. The summed E-state index contributed by atoms with van der Waals surface area (Å²) in [5.74, 6) is 1.00. The Morgan fingerprint density at radius 1 is 1.26 bits per heavy atom. The lowest BCUT2D eigenvalue weighted by Gasteiger charge is -2.16. The number of hydrogen-bond acceptors (Lipinski definition) is 4. The second-order valence-electron chi connectivity index (χ2n) is 4.46. The minimum Gasteiger partial charge on any atom is -0.497 e. The van der Waals surface area contributed by atoms with Crippen molar-refractivity contribution in [3.8, 4) is 5.75 Å². The van der Waals surface area contributed by atoms with Gasteiger partial charge < -0.3 is 9.64 Å². The van der Waals surface area contributed by atoms with Crippen molar-refractivity contribution in [2.24, 2.45) is 0 Å². The normalized spacial score (nSPS) is 11.8. The molecule has 1 N–H and O–H groups in total. The predicted octanol–water partition coefficient (Wildman–Crippen LogP) is 1.07. The van der Waals surface area contributed by atoms with Gasteiger partial charge >= 0.3 is 0 Å². The molecule has 0 heterocycles. The highest BCUT2D eigenvalue weighted by Crippen LogP contribution is 2.12. The summed E-state index contributed by atoms with van der Waals surface area (Å²) in [6.45, 7) is 1.54. The number of benzene rings is 1. The largest absolute Gasteiger partial charge is 0.497 e. The maximum Gasteiger partial charge on any atom is 0.211 e. The Morgan fingerprint density at radius 2 is 1.89 bits per heavy atom. The molecule has 1 aromatic rings. The van der Waals surface area contributed by atoms with E-state index in [4.69, 9.17) is 4.74 Å². The van der Waals surface area contributed by atoms with Crippen molar-refractivity contribution < 1.29 is 13.2 Å². The molecule has 0 aromatic heterocycles. The lowest BCUT2D eigenvalue weighted by atomic mass is 10.2. The fourth-order valence-corrected chi connectivity index (χ4v) is 2.46. The quantitative estimate of drug-likeness (QED) is 0.776. The van der Waals surface area contributed by atoms with Crippen LogP contribution in [0, 0.1) is 0 Å². The van der Waals surface area contributed by atoms with Crippen LogP contribution in [0.3, 0.4) is 0 Å². The summed E-state index contributed by atoms with van der Waals surface area (Å²) < 4.78 is 30.0. The third-order valence-corrected chi connectivity index (χ3v) is 4.32. The molecule has 0 saturated carbocycles. The monoisotopic (exact) mass is 286 g/mol. The number of nitrogens with zero attached hydrogens (tertiary/aromatic N) is 1. The van der Waals surface area contributed by atoms with Crippen LogP contribution in [0.15, 0.2) is 24.3 Å². The molecule has 0 bridgehead atoms. The van der Waals surface area contributed by atoms with Crippen molar-refractivity contribution in [3.63, 3.8) is 0 Å². The van der Waals surface area contributed by atoms with E-state index in [1.54, 1.807) is 7.11 Å². The van der Waals surface area contributed by atoms with E-state index >= 15 is 0 Å². The molecule has 0 fully saturated rings. The molecule has 0 atom stereocenters. The van der Waals surface area contributed by atoms with Gasteiger partial charge in [0, 0.05) is 6.54 Å². The molecular weight excluding hydrogens is 264 g/mol. The number of hydrogen-bond donors (Lipinski definition) is 1. The van der Waals surface area contributed by atoms with Crippen molar-refractivity contribution >= 4 is 10.0 Å². The standard InChI is InChI=1S/C13H22N2O3S/c1-14-19(16,17)10-4-9-15(2)11-12-5-7-13(18-3)8-6-12/h5-8,14H,4,9-11H2,1-3H3. The number of ether oxygens (including phenoxy) is 1. The Labute approximate surface area is 115 Å². The van der Waals surface area contributed by atoms with Crippen LogP contribution in [0.1, 0.15) is 12.0 Å². The number of sulfonamides is 1. The van der Waals surface area contributed by atoms with E-state index in [0.717, 1.165) is 18.8 Å². The Morgan fingerprint density at radius 3 is 2.42 bits per heavy atom. The second-order valence-corrected chi connectivity index (χ2v) is 6.51. The van der Waals surface area contributed by atoms with Gasteiger partial charge in [-0.05, 0) is 44.8 Å². The summed E-state index contributed by atoms with van der Waals surface area (Å²) in [6.07, 6.45) is 0.621. The van der Waals surface area contributed by atoms with Gasteiger partial charge in [-0.2, -0.15) is 0 Å². The Bertz CT molecular complexity index is 471.